The summed E-state index contributed by atoms with van der Waals surface area (Å²) in [5, 5.41) is 3.36. The Bertz CT molecular complexity index is 514. The molecule has 3 heteroatoms. The van der Waals surface area contributed by atoms with E-state index in [9.17, 15) is 4.79 Å². The number of quaternary nitrogens is 1. The molecule has 1 heterocycles. The fraction of sp³-hybridized carbons (Fsp3) is 0.682. The van der Waals surface area contributed by atoms with Crippen molar-refractivity contribution in [2.45, 2.75) is 70.3 Å². The maximum atomic E-state index is 12.6. The van der Waals surface area contributed by atoms with Crippen molar-refractivity contribution in [1.82, 2.24) is 5.32 Å². The third-order valence-corrected chi connectivity index (χ3v) is 6.23. The molecule has 0 radical (unpaired) electrons. The SMILES string of the molecule is C[C@@H](C[NH+]1CCC(C(=O)NC2CCCCCC2)CC1)c1ccccc1. The summed E-state index contributed by atoms with van der Waals surface area (Å²) in [5.74, 6) is 1.17. The molecule has 1 aliphatic carbocycles. The van der Waals surface area contributed by atoms with Gasteiger partial charge >= 0.3 is 0 Å². The van der Waals surface area contributed by atoms with Crippen molar-refractivity contribution in [3.05, 3.63) is 35.9 Å². The van der Waals surface area contributed by atoms with Crippen molar-refractivity contribution < 1.29 is 9.69 Å². The molecule has 2 N–H and O–H groups in total. The first kappa shape index (κ1) is 18.4. The van der Waals surface area contributed by atoms with Crippen molar-refractivity contribution in [3.63, 3.8) is 0 Å². The van der Waals surface area contributed by atoms with Crippen LogP contribution in [0.1, 0.15) is 69.8 Å². The molecule has 1 atom stereocenters. The Hall–Kier alpha value is -1.35. The topological polar surface area (TPSA) is 33.5 Å². The van der Waals surface area contributed by atoms with Crippen LogP contribution in [0.2, 0.25) is 0 Å². The van der Waals surface area contributed by atoms with Crippen molar-refractivity contribution in [1.29, 1.82) is 0 Å². The van der Waals surface area contributed by atoms with Crippen LogP contribution in [-0.2, 0) is 4.79 Å². The number of piperidine rings is 1. The zero-order chi connectivity index (χ0) is 17.5. The minimum absolute atomic E-state index is 0.249. The Morgan fingerprint density at radius 3 is 2.32 bits per heavy atom. The molecule has 1 saturated carbocycles. The van der Waals surface area contributed by atoms with E-state index >= 15 is 0 Å². The van der Waals surface area contributed by atoms with Crippen molar-refractivity contribution in [2.75, 3.05) is 19.6 Å². The molecule has 1 aromatic rings. The van der Waals surface area contributed by atoms with Crippen LogP contribution in [0.4, 0.5) is 0 Å². The van der Waals surface area contributed by atoms with Gasteiger partial charge in [0.1, 0.15) is 0 Å². The quantitative estimate of drug-likeness (QED) is 0.792. The molecule has 3 nitrogen and oxygen atoms in total. The van der Waals surface area contributed by atoms with E-state index in [-0.39, 0.29) is 5.92 Å². The lowest BCUT2D eigenvalue weighted by atomic mass is 9.93. The van der Waals surface area contributed by atoms with Gasteiger partial charge in [0.25, 0.3) is 0 Å². The monoisotopic (exact) mass is 343 g/mol. The van der Waals surface area contributed by atoms with Gasteiger partial charge in [-0.3, -0.25) is 4.79 Å². The zero-order valence-corrected chi connectivity index (χ0v) is 15.8. The lowest BCUT2D eigenvalue weighted by molar-refractivity contribution is -0.907. The van der Waals surface area contributed by atoms with Gasteiger partial charge in [0.05, 0.1) is 19.6 Å². The first-order valence-corrected chi connectivity index (χ1v) is 10.4. The number of likely N-dealkylation sites (tertiary alicyclic amines) is 1. The van der Waals surface area contributed by atoms with Crippen LogP contribution >= 0.6 is 0 Å². The number of benzene rings is 1. The van der Waals surface area contributed by atoms with E-state index in [4.69, 9.17) is 0 Å². The summed E-state index contributed by atoms with van der Waals surface area (Å²) in [5.41, 5.74) is 1.43. The molecule has 1 saturated heterocycles. The lowest BCUT2D eigenvalue weighted by Crippen LogP contribution is -3.13. The predicted octanol–water partition coefficient (Wildman–Crippen LogP) is 2.92. The summed E-state index contributed by atoms with van der Waals surface area (Å²) in [4.78, 5) is 14.3. The highest BCUT2D eigenvalue weighted by atomic mass is 16.1. The molecule has 1 aliphatic heterocycles. The van der Waals surface area contributed by atoms with Crippen LogP contribution < -0.4 is 10.2 Å². The van der Waals surface area contributed by atoms with Gasteiger partial charge in [0.2, 0.25) is 5.91 Å². The highest BCUT2D eigenvalue weighted by Gasteiger charge is 2.29. The summed E-state index contributed by atoms with van der Waals surface area (Å²) < 4.78 is 0. The van der Waals surface area contributed by atoms with Crippen LogP contribution in [0.25, 0.3) is 0 Å². The van der Waals surface area contributed by atoms with E-state index < -0.39 is 0 Å². The van der Waals surface area contributed by atoms with Gasteiger partial charge in [-0.15, -0.1) is 0 Å². The van der Waals surface area contributed by atoms with E-state index in [0.717, 1.165) is 25.9 Å². The summed E-state index contributed by atoms with van der Waals surface area (Å²) >= 11 is 0. The number of hydrogen-bond acceptors (Lipinski definition) is 1. The molecular weight excluding hydrogens is 308 g/mol. The average molecular weight is 344 g/mol. The van der Waals surface area contributed by atoms with Crippen LogP contribution in [0.3, 0.4) is 0 Å². The molecular formula is C22H35N2O+. The third kappa shape index (κ3) is 5.57. The standard InChI is InChI=1S/C22H34N2O/c1-18(19-9-5-4-6-10-19)17-24-15-13-20(14-16-24)22(25)23-21-11-7-2-3-8-12-21/h4-6,9-10,18,20-21H,2-3,7-8,11-17H2,1H3,(H,23,25)/p+1/t18-/m0/s1. The summed E-state index contributed by atoms with van der Waals surface area (Å²) in [7, 11) is 0. The molecule has 1 amide bonds. The molecule has 0 aromatic heterocycles. The normalized spacial score (nSPS) is 26.6. The molecule has 25 heavy (non-hydrogen) atoms. The first-order chi connectivity index (χ1) is 12.2. The van der Waals surface area contributed by atoms with Crippen LogP contribution in [0, 0.1) is 5.92 Å². The smallest absolute Gasteiger partial charge is 0.223 e. The van der Waals surface area contributed by atoms with E-state index in [1.54, 1.807) is 4.90 Å². The largest absolute Gasteiger partial charge is 0.353 e. The third-order valence-electron chi connectivity index (χ3n) is 6.23. The average Bonchev–Trinajstić information content (AvgIpc) is 2.91. The van der Waals surface area contributed by atoms with Crippen molar-refractivity contribution in [2.24, 2.45) is 5.92 Å². The Labute approximate surface area is 153 Å². The number of carbonyl (C=O) groups is 1. The maximum Gasteiger partial charge on any atom is 0.223 e. The Morgan fingerprint density at radius 2 is 1.68 bits per heavy atom. The second-order valence-electron chi connectivity index (χ2n) is 8.24. The second kappa shape index (κ2) is 9.38. The maximum absolute atomic E-state index is 12.6. The number of nitrogens with one attached hydrogen (secondary N) is 2. The van der Waals surface area contributed by atoms with Gasteiger partial charge in [-0.1, -0.05) is 62.9 Å². The van der Waals surface area contributed by atoms with Crippen LogP contribution in [0.5, 0.6) is 0 Å². The van der Waals surface area contributed by atoms with Crippen LogP contribution in [-0.4, -0.2) is 31.6 Å². The van der Waals surface area contributed by atoms with E-state index in [2.05, 4.69) is 42.6 Å². The van der Waals surface area contributed by atoms with Crippen molar-refractivity contribution >= 4 is 5.91 Å². The van der Waals surface area contributed by atoms with Crippen molar-refractivity contribution in [3.8, 4) is 0 Å². The van der Waals surface area contributed by atoms with Gasteiger partial charge < -0.3 is 10.2 Å². The van der Waals surface area contributed by atoms with Gasteiger partial charge in [0, 0.05) is 30.7 Å². The molecule has 0 bridgehead atoms. The van der Waals surface area contributed by atoms with Crippen LogP contribution in [0.15, 0.2) is 30.3 Å². The van der Waals surface area contributed by atoms with E-state index in [1.165, 1.54) is 50.6 Å². The number of amides is 1. The minimum atomic E-state index is 0.249. The number of rotatable bonds is 5. The van der Waals surface area contributed by atoms with Gasteiger partial charge in [-0.2, -0.15) is 0 Å². The molecule has 138 valence electrons. The fourth-order valence-electron chi connectivity index (χ4n) is 4.57. The molecule has 1 aromatic carbocycles. The zero-order valence-electron chi connectivity index (χ0n) is 15.8. The number of hydrogen-bond donors (Lipinski definition) is 2. The number of carbonyl (C=O) groups excluding carboxylic acids is 1. The fourth-order valence-corrected chi connectivity index (χ4v) is 4.57. The molecule has 0 unspecified atom stereocenters. The minimum Gasteiger partial charge on any atom is -0.353 e. The predicted molar refractivity (Wildman–Crippen MR) is 103 cm³/mol. The Morgan fingerprint density at radius 1 is 1.04 bits per heavy atom. The Kier molecular flexibility index (Phi) is 6.92. The molecule has 3 rings (SSSR count). The Balaban J connectivity index is 1.41. The highest BCUT2D eigenvalue weighted by Crippen LogP contribution is 2.19. The highest BCUT2D eigenvalue weighted by molar-refractivity contribution is 5.79. The van der Waals surface area contributed by atoms with E-state index in [1.807, 2.05) is 0 Å². The first-order valence-electron chi connectivity index (χ1n) is 10.4. The summed E-state index contributed by atoms with van der Waals surface area (Å²) in [6, 6.07) is 11.3. The summed E-state index contributed by atoms with van der Waals surface area (Å²) in [6.07, 6.45) is 9.72. The lowest BCUT2D eigenvalue weighted by Gasteiger charge is -2.31. The van der Waals surface area contributed by atoms with E-state index in [0.29, 0.717) is 17.9 Å². The van der Waals surface area contributed by atoms with Gasteiger partial charge in [-0.25, -0.2) is 0 Å². The molecule has 0 spiro atoms. The second-order valence-corrected chi connectivity index (χ2v) is 8.24. The van der Waals surface area contributed by atoms with Gasteiger partial charge in [0.15, 0.2) is 0 Å². The molecule has 2 aliphatic rings. The summed E-state index contributed by atoms with van der Waals surface area (Å²) in [6.45, 7) is 5.79. The van der Waals surface area contributed by atoms with Gasteiger partial charge in [-0.05, 0) is 18.4 Å². The molecule has 2 fully saturated rings.